The molecular formula is C24H32N4O2S. The smallest absolute Gasteiger partial charge is 0.230 e. The predicted molar refractivity (Wildman–Crippen MR) is 123 cm³/mol. The van der Waals surface area contributed by atoms with E-state index in [1.165, 1.54) is 37.4 Å². The minimum absolute atomic E-state index is 0.109. The van der Waals surface area contributed by atoms with E-state index in [0.29, 0.717) is 11.7 Å². The Bertz CT molecular complexity index is 933. The largest absolute Gasteiger partial charge is 0.379 e. The van der Waals surface area contributed by atoms with Gasteiger partial charge in [-0.25, -0.2) is 9.97 Å². The summed E-state index contributed by atoms with van der Waals surface area (Å²) in [6.07, 6.45) is 5.41. The van der Waals surface area contributed by atoms with E-state index in [1.807, 2.05) is 24.3 Å². The van der Waals surface area contributed by atoms with Crippen molar-refractivity contribution in [2.24, 2.45) is 17.8 Å². The van der Waals surface area contributed by atoms with Gasteiger partial charge in [0.2, 0.25) is 5.91 Å². The maximum Gasteiger partial charge on any atom is 0.230 e. The second-order valence-electron chi connectivity index (χ2n) is 9.33. The SMILES string of the molecule is CC(NC(=O)CSc1nc(CN2CCOCC2)nc2ccccc12)C1CC2CCC1C2. The molecule has 1 aromatic heterocycles. The first kappa shape index (κ1) is 21.2. The van der Waals surface area contributed by atoms with Crippen LogP contribution < -0.4 is 5.32 Å². The molecule has 2 heterocycles. The Morgan fingerprint density at radius 2 is 2.06 bits per heavy atom. The topological polar surface area (TPSA) is 67.4 Å². The molecular weight excluding hydrogens is 408 g/mol. The summed E-state index contributed by atoms with van der Waals surface area (Å²) in [4.78, 5) is 24.7. The van der Waals surface area contributed by atoms with Crippen molar-refractivity contribution < 1.29 is 9.53 Å². The molecule has 4 atom stereocenters. The summed E-state index contributed by atoms with van der Waals surface area (Å²) >= 11 is 1.53. The van der Waals surface area contributed by atoms with Gasteiger partial charge in [0.1, 0.15) is 10.9 Å². The molecule has 31 heavy (non-hydrogen) atoms. The van der Waals surface area contributed by atoms with Crippen molar-refractivity contribution in [3.05, 3.63) is 30.1 Å². The first-order valence-electron chi connectivity index (χ1n) is 11.6. The first-order chi connectivity index (χ1) is 15.2. The number of nitrogens with zero attached hydrogens (tertiary/aromatic N) is 3. The fourth-order valence-corrected chi connectivity index (χ4v) is 6.53. The van der Waals surface area contributed by atoms with E-state index in [1.54, 1.807) is 0 Å². The van der Waals surface area contributed by atoms with E-state index in [9.17, 15) is 4.79 Å². The van der Waals surface area contributed by atoms with Crippen molar-refractivity contribution in [2.45, 2.75) is 50.2 Å². The van der Waals surface area contributed by atoms with Crippen LogP contribution in [0.15, 0.2) is 29.3 Å². The van der Waals surface area contributed by atoms with Crippen LogP contribution in [-0.2, 0) is 16.1 Å². The molecule has 1 aromatic carbocycles. The molecule has 5 rings (SSSR count). The third kappa shape index (κ3) is 4.89. The van der Waals surface area contributed by atoms with Crippen molar-refractivity contribution in [3.63, 3.8) is 0 Å². The van der Waals surface area contributed by atoms with Gasteiger partial charge < -0.3 is 10.1 Å². The Morgan fingerprint density at radius 1 is 1.23 bits per heavy atom. The number of para-hydroxylation sites is 1. The van der Waals surface area contributed by atoms with E-state index in [-0.39, 0.29) is 11.9 Å². The van der Waals surface area contributed by atoms with Gasteiger partial charge >= 0.3 is 0 Å². The van der Waals surface area contributed by atoms with E-state index in [0.717, 1.165) is 66.4 Å². The standard InChI is InChI=1S/C24H32N4O2S/c1-16(20-13-17-6-7-18(20)12-17)25-23(29)15-31-24-19-4-2-3-5-21(19)26-22(27-24)14-28-8-10-30-11-9-28/h2-5,16-18,20H,6-15H2,1H3,(H,25,29). The summed E-state index contributed by atoms with van der Waals surface area (Å²) < 4.78 is 5.45. The van der Waals surface area contributed by atoms with Gasteiger partial charge in [-0.15, -0.1) is 0 Å². The van der Waals surface area contributed by atoms with Crippen molar-refractivity contribution in [2.75, 3.05) is 32.1 Å². The number of morpholine rings is 1. The molecule has 2 bridgehead atoms. The molecule has 1 aliphatic heterocycles. The fourth-order valence-electron chi connectivity index (χ4n) is 5.68. The van der Waals surface area contributed by atoms with E-state index in [4.69, 9.17) is 14.7 Å². The van der Waals surface area contributed by atoms with Gasteiger partial charge in [-0.1, -0.05) is 36.4 Å². The highest BCUT2D eigenvalue weighted by Gasteiger charge is 2.42. The lowest BCUT2D eigenvalue weighted by Gasteiger charge is -2.28. The molecule has 1 saturated heterocycles. The van der Waals surface area contributed by atoms with Crippen LogP contribution in [0.25, 0.3) is 10.9 Å². The third-order valence-electron chi connectivity index (χ3n) is 7.25. The average Bonchev–Trinajstić information content (AvgIpc) is 3.42. The van der Waals surface area contributed by atoms with Gasteiger partial charge in [-0.3, -0.25) is 9.69 Å². The number of benzene rings is 1. The number of amides is 1. The van der Waals surface area contributed by atoms with Gasteiger partial charge in [0, 0.05) is 24.5 Å². The van der Waals surface area contributed by atoms with Gasteiger partial charge in [-0.2, -0.15) is 0 Å². The highest BCUT2D eigenvalue weighted by molar-refractivity contribution is 8.00. The van der Waals surface area contributed by atoms with Crippen molar-refractivity contribution >= 4 is 28.6 Å². The molecule has 7 heteroatoms. The number of aromatic nitrogens is 2. The summed E-state index contributed by atoms with van der Waals surface area (Å²) in [7, 11) is 0. The minimum Gasteiger partial charge on any atom is -0.379 e. The average molecular weight is 441 g/mol. The molecule has 1 amide bonds. The minimum atomic E-state index is 0.109. The number of thioether (sulfide) groups is 1. The number of carbonyl (C=O) groups excluding carboxylic acids is 1. The predicted octanol–water partition coefficient (Wildman–Crippen LogP) is 3.50. The molecule has 0 radical (unpaired) electrons. The fraction of sp³-hybridized carbons (Fsp3) is 0.625. The van der Waals surface area contributed by atoms with Crippen molar-refractivity contribution in [3.8, 4) is 0 Å². The Labute approximate surface area is 188 Å². The van der Waals surface area contributed by atoms with Crippen LogP contribution in [-0.4, -0.2) is 58.9 Å². The number of nitrogens with one attached hydrogen (secondary N) is 1. The number of hydrogen-bond acceptors (Lipinski definition) is 6. The lowest BCUT2D eigenvalue weighted by Crippen LogP contribution is -2.40. The zero-order chi connectivity index (χ0) is 21.2. The maximum absolute atomic E-state index is 12.7. The van der Waals surface area contributed by atoms with Crippen LogP contribution in [0.4, 0.5) is 0 Å². The number of rotatable bonds is 7. The monoisotopic (exact) mass is 440 g/mol. The zero-order valence-corrected chi connectivity index (χ0v) is 19.1. The second-order valence-corrected chi connectivity index (χ2v) is 10.3. The molecule has 1 N–H and O–H groups in total. The maximum atomic E-state index is 12.7. The van der Waals surface area contributed by atoms with Crippen molar-refractivity contribution in [1.29, 1.82) is 0 Å². The Kier molecular flexibility index (Phi) is 6.44. The Hall–Kier alpha value is -1.70. The normalized spacial score (nSPS) is 26.9. The summed E-state index contributed by atoms with van der Waals surface area (Å²) in [6.45, 7) is 6.24. The Morgan fingerprint density at radius 3 is 2.84 bits per heavy atom. The molecule has 3 aliphatic rings. The van der Waals surface area contributed by atoms with E-state index in [2.05, 4.69) is 17.1 Å². The second kappa shape index (κ2) is 9.43. The molecule has 2 aromatic rings. The summed E-state index contributed by atoms with van der Waals surface area (Å²) in [6, 6.07) is 8.36. The number of ether oxygens (including phenoxy) is 1. The highest BCUT2D eigenvalue weighted by atomic mass is 32.2. The van der Waals surface area contributed by atoms with E-state index >= 15 is 0 Å². The number of carbonyl (C=O) groups is 1. The summed E-state index contributed by atoms with van der Waals surface area (Å²) in [5, 5.41) is 5.20. The van der Waals surface area contributed by atoms with E-state index < -0.39 is 0 Å². The third-order valence-corrected chi connectivity index (χ3v) is 8.24. The molecule has 2 saturated carbocycles. The first-order valence-corrected chi connectivity index (χ1v) is 12.6. The quantitative estimate of drug-likeness (QED) is 0.525. The van der Waals surface area contributed by atoms with Crippen LogP contribution in [0.2, 0.25) is 0 Å². The Balaban J connectivity index is 1.24. The molecule has 6 nitrogen and oxygen atoms in total. The lowest BCUT2D eigenvalue weighted by atomic mass is 9.84. The van der Waals surface area contributed by atoms with Crippen LogP contribution >= 0.6 is 11.8 Å². The van der Waals surface area contributed by atoms with Crippen molar-refractivity contribution in [1.82, 2.24) is 20.2 Å². The lowest BCUT2D eigenvalue weighted by molar-refractivity contribution is -0.119. The molecule has 166 valence electrons. The molecule has 3 fully saturated rings. The molecule has 4 unspecified atom stereocenters. The van der Waals surface area contributed by atoms with Gasteiger partial charge in [-0.05, 0) is 50.0 Å². The zero-order valence-electron chi connectivity index (χ0n) is 18.3. The molecule has 0 spiro atoms. The van der Waals surface area contributed by atoms with Crippen LogP contribution in [0.5, 0.6) is 0 Å². The van der Waals surface area contributed by atoms with Gasteiger partial charge in [0.15, 0.2) is 0 Å². The highest BCUT2D eigenvalue weighted by Crippen LogP contribution is 2.49. The number of hydrogen-bond donors (Lipinski definition) is 1. The molecule has 2 aliphatic carbocycles. The van der Waals surface area contributed by atoms with Crippen LogP contribution in [0, 0.1) is 17.8 Å². The van der Waals surface area contributed by atoms with Crippen LogP contribution in [0.3, 0.4) is 0 Å². The summed E-state index contributed by atoms with van der Waals surface area (Å²) in [5.74, 6) is 3.70. The van der Waals surface area contributed by atoms with Gasteiger partial charge in [0.05, 0.1) is 31.0 Å². The van der Waals surface area contributed by atoms with Gasteiger partial charge in [0.25, 0.3) is 0 Å². The number of fused-ring (bicyclic) bond motifs is 3. The summed E-state index contributed by atoms with van der Waals surface area (Å²) in [5.41, 5.74) is 0.944. The van der Waals surface area contributed by atoms with Crippen LogP contribution in [0.1, 0.15) is 38.4 Å².